The Bertz CT molecular complexity index is 1440. The smallest absolute Gasteiger partial charge is 0.204 e. The van der Waals surface area contributed by atoms with Gasteiger partial charge < -0.3 is 38.3 Å². The van der Waals surface area contributed by atoms with Gasteiger partial charge in [0.1, 0.15) is 0 Å². The van der Waals surface area contributed by atoms with Crippen molar-refractivity contribution < 1.29 is 43.1 Å². The number of rotatable bonds is 13. The molecule has 1 N–H and O–H groups in total. The molecule has 10 heteroatoms. The van der Waals surface area contributed by atoms with E-state index in [0.29, 0.717) is 56.7 Å². The lowest BCUT2D eigenvalue weighted by Crippen LogP contribution is -2.03. The maximum Gasteiger partial charge on any atom is 0.204 e. The monoisotopic (exact) mass is 628 g/mol. The molecule has 0 aliphatic heterocycles. The molecule has 3 rings (SSSR count). The van der Waals surface area contributed by atoms with Gasteiger partial charge in [-0.1, -0.05) is 18.2 Å². The summed E-state index contributed by atoms with van der Waals surface area (Å²) in [5, 5.41) is 10.5. The maximum atomic E-state index is 13.2. The van der Waals surface area contributed by atoms with Crippen LogP contribution in [0.4, 0.5) is 0 Å². The van der Waals surface area contributed by atoms with Gasteiger partial charge in [0.05, 0.1) is 54.2 Å². The summed E-state index contributed by atoms with van der Waals surface area (Å²) in [5.41, 5.74) is 2.68. The lowest BCUT2D eigenvalue weighted by molar-refractivity contribution is 0.104. The van der Waals surface area contributed by atoms with Gasteiger partial charge in [0.25, 0.3) is 0 Å². The first-order valence-electron chi connectivity index (χ1n) is 12.3. The Morgan fingerprint density at radius 1 is 0.707 bits per heavy atom. The highest BCUT2D eigenvalue weighted by atomic mass is 79.9. The minimum atomic E-state index is -0.267. The summed E-state index contributed by atoms with van der Waals surface area (Å²) in [6, 6.07) is 8.55. The number of carbonyl (C=O) groups excluding carboxylic acids is 1. The molecule has 0 aromatic heterocycles. The van der Waals surface area contributed by atoms with E-state index in [1.807, 2.05) is 24.3 Å². The number of benzene rings is 3. The van der Waals surface area contributed by atoms with Crippen LogP contribution < -0.4 is 33.2 Å². The molecule has 9 nitrogen and oxygen atoms in total. The standard InChI is InChI=1S/C31H33BrO9/c1-35-24-16-19(9-8-10-22(33)21-17-27(38-4)30(40-6)31(41-7)28(21)32)20(15-23(24)34)12-11-18-13-25(36-2)29(39-5)26(14-18)37-3/h8,10-17,34H,9H2,1-7H3/b10-8-,12-11-. The first kappa shape index (κ1) is 31.2. The molecule has 0 unspecified atom stereocenters. The second kappa shape index (κ2) is 14.4. The van der Waals surface area contributed by atoms with Crippen LogP contribution in [0.15, 0.2) is 47.0 Å². The van der Waals surface area contributed by atoms with Crippen LogP contribution in [0, 0.1) is 0 Å². The van der Waals surface area contributed by atoms with Crippen molar-refractivity contribution in [3.05, 3.63) is 69.2 Å². The third-order valence-electron chi connectivity index (χ3n) is 6.22. The fourth-order valence-electron chi connectivity index (χ4n) is 4.19. The van der Waals surface area contributed by atoms with E-state index in [1.54, 1.807) is 45.6 Å². The topological polar surface area (TPSA) is 102 Å². The largest absolute Gasteiger partial charge is 0.504 e. The van der Waals surface area contributed by atoms with Crippen LogP contribution in [0.2, 0.25) is 0 Å². The van der Waals surface area contributed by atoms with Crippen molar-refractivity contribution in [2.45, 2.75) is 6.42 Å². The van der Waals surface area contributed by atoms with Crippen molar-refractivity contribution in [3.63, 3.8) is 0 Å². The van der Waals surface area contributed by atoms with Gasteiger partial charge in [0.15, 0.2) is 40.3 Å². The fourth-order valence-corrected chi connectivity index (χ4v) is 4.84. The summed E-state index contributed by atoms with van der Waals surface area (Å²) in [6.45, 7) is 0. The first-order chi connectivity index (χ1) is 19.8. The lowest BCUT2D eigenvalue weighted by atomic mass is 10.0. The zero-order chi connectivity index (χ0) is 30.1. The van der Waals surface area contributed by atoms with Crippen molar-refractivity contribution in [2.75, 3.05) is 49.8 Å². The van der Waals surface area contributed by atoms with Crippen molar-refractivity contribution >= 4 is 33.9 Å². The van der Waals surface area contributed by atoms with Crippen molar-refractivity contribution in [1.82, 2.24) is 0 Å². The Balaban J connectivity index is 1.95. The Morgan fingerprint density at radius 2 is 1.27 bits per heavy atom. The van der Waals surface area contributed by atoms with Gasteiger partial charge in [-0.3, -0.25) is 4.79 Å². The average Bonchev–Trinajstić information content (AvgIpc) is 2.99. The van der Waals surface area contributed by atoms with E-state index in [1.165, 1.54) is 34.5 Å². The summed E-state index contributed by atoms with van der Waals surface area (Å²) >= 11 is 3.45. The Morgan fingerprint density at radius 3 is 1.80 bits per heavy atom. The van der Waals surface area contributed by atoms with Gasteiger partial charge in [0, 0.05) is 5.56 Å². The molecule has 3 aromatic carbocycles. The van der Waals surface area contributed by atoms with Crippen LogP contribution in [-0.4, -0.2) is 60.7 Å². The van der Waals surface area contributed by atoms with E-state index in [9.17, 15) is 9.90 Å². The predicted octanol–water partition coefficient (Wildman–Crippen LogP) is 6.37. The van der Waals surface area contributed by atoms with E-state index in [2.05, 4.69) is 15.9 Å². The molecule has 0 radical (unpaired) electrons. The van der Waals surface area contributed by atoms with Gasteiger partial charge in [0.2, 0.25) is 11.5 Å². The molecule has 0 fully saturated rings. The van der Waals surface area contributed by atoms with Crippen LogP contribution in [0.1, 0.15) is 27.0 Å². The molecule has 0 heterocycles. The van der Waals surface area contributed by atoms with Gasteiger partial charge in [-0.05, 0) is 75.4 Å². The second-order valence-corrected chi connectivity index (χ2v) is 9.29. The normalized spacial score (nSPS) is 11.0. The molecule has 0 saturated carbocycles. The molecular weight excluding hydrogens is 596 g/mol. The van der Waals surface area contributed by atoms with Crippen LogP contribution in [0.5, 0.6) is 46.0 Å². The number of methoxy groups -OCH3 is 7. The van der Waals surface area contributed by atoms with Crippen molar-refractivity contribution in [1.29, 1.82) is 0 Å². The maximum absolute atomic E-state index is 13.2. The number of ether oxygens (including phenoxy) is 7. The summed E-state index contributed by atoms with van der Waals surface area (Å²) in [5.74, 6) is 2.66. The molecule has 0 aliphatic carbocycles. The first-order valence-corrected chi connectivity index (χ1v) is 13.1. The number of hydrogen-bond acceptors (Lipinski definition) is 9. The molecule has 0 spiro atoms. The number of phenols is 1. The molecule has 3 aromatic rings. The van der Waals surface area contributed by atoms with E-state index in [4.69, 9.17) is 33.2 Å². The number of hydrogen-bond donors (Lipinski definition) is 1. The summed E-state index contributed by atoms with van der Waals surface area (Å²) in [7, 11) is 10.6. The number of halogens is 1. The molecule has 0 saturated heterocycles. The Hall–Kier alpha value is -4.31. The molecule has 0 bridgehead atoms. The van der Waals surface area contributed by atoms with E-state index < -0.39 is 0 Å². The zero-order valence-electron chi connectivity index (χ0n) is 24.0. The van der Waals surface area contributed by atoms with Gasteiger partial charge in [-0.15, -0.1) is 0 Å². The fraction of sp³-hybridized carbons (Fsp3) is 0.258. The SMILES string of the molecule is COc1cc(C/C=C\C(=O)c2cc(OC)c(OC)c(OC)c2Br)c(/C=C\c2cc(OC)c(OC)c(OC)c2)cc1O. The minimum absolute atomic E-state index is 0.0119. The van der Waals surface area contributed by atoms with E-state index >= 15 is 0 Å². The Kier molecular flexibility index (Phi) is 10.9. The minimum Gasteiger partial charge on any atom is -0.504 e. The number of allylic oxidation sites excluding steroid dienone is 2. The van der Waals surface area contributed by atoms with Gasteiger partial charge in [-0.25, -0.2) is 0 Å². The quantitative estimate of drug-likeness (QED) is 0.131. The summed E-state index contributed by atoms with van der Waals surface area (Å²) in [6.07, 6.45) is 7.29. The summed E-state index contributed by atoms with van der Waals surface area (Å²) in [4.78, 5) is 13.2. The number of carbonyl (C=O) groups is 1. The third kappa shape index (κ3) is 6.89. The molecular formula is C31H33BrO9. The molecule has 0 amide bonds. The zero-order valence-corrected chi connectivity index (χ0v) is 25.6. The predicted molar refractivity (Wildman–Crippen MR) is 161 cm³/mol. The number of phenolic OH excluding ortho intramolecular Hbond substituents is 1. The van der Waals surface area contributed by atoms with Crippen molar-refractivity contribution in [3.8, 4) is 46.0 Å². The average molecular weight is 630 g/mol. The number of aromatic hydroxyl groups is 1. The number of ketones is 1. The van der Waals surface area contributed by atoms with Gasteiger partial charge in [-0.2, -0.15) is 0 Å². The van der Waals surface area contributed by atoms with Crippen LogP contribution in [0.3, 0.4) is 0 Å². The van der Waals surface area contributed by atoms with Gasteiger partial charge >= 0.3 is 0 Å². The molecule has 218 valence electrons. The highest BCUT2D eigenvalue weighted by molar-refractivity contribution is 9.10. The molecule has 41 heavy (non-hydrogen) atoms. The highest BCUT2D eigenvalue weighted by Gasteiger charge is 2.22. The highest BCUT2D eigenvalue weighted by Crippen LogP contribution is 2.45. The van der Waals surface area contributed by atoms with Crippen LogP contribution in [0.25, 0.3) is 12.2 Å². The van der Waals surface area contributed by atoms with Crippen molar-refractivity contribution in [2.24, 2.45) is 0 Å². The van der Waals surface area contributed by atoms with Crippen LogP contribution >= 0.6 is 15.9 Å². The van der Waals surface area contributed by atoms with Crippen LogP contribution in [-0.2, 0) is 6.42 Å². The lowest BCUT2D eigenvalue weighted by Gasteiger charge is -2.15. The van der Waals surface area contributed by atoms with E-state index in [0.717, 1.165) is 16.7 Å². The molecule has 0 atom stereocenters. The summed E-state index contributed by atoms with van der Waals surface area (Å²) < 4.78 is 38.3. The Labute approximate surface area is 248 Å². The molecule has 0 aliphatic rings. The van der Waals surface area contributed by atoms with E-state index in [-0.39, 0.29) is 11.5 Å². The third-order valence-corrected chi connectivity index (χ3v) is 7.01. The second-order valence-electron chi connectivity index (χ2n) is 8.49.